The van der Waals surface area contributed by atoms with Crippen LogP contribution in [0.3, 0.4) is 0 Å². The minimum Gasteiger partial charge on any atom is -0.508 e. The van der Waals surface area contributed by atoms with Crippen LogP contribution in [-0.4, -0.2) is 11.7 Å². The molecule has 1 fully saturated rings. The zero-order valence-corrected chi connectivity index (χ0v) is 9.24. The van der Waals surface area contributed by atoms with Gasteiger partial charge in [-0.3, -0.25) is 0 Å². The van der Waals surface area contributed by atoms with Gasteiger partial charge in [-0.05, 0) is 49.4 Å². The van der Waals surface area contributed by atoms with Crippen LogP contribution >= 0.6 is 0 Å². The van der Waals surface area contributed by atoms with Crippen LogP contribution in [0, 0.1) is 5.92 Å². The summed E-state index contributed by atoms with van der Waals surface area (Å²) in [6.45, 7) is 3.33. The van der Waals surface area contributed by atoms with E-state index in [0.29, 0.717) is 11.8 Å². The molecule has 0 amide bonds. The third kappa shape index (κ3) is 2.96. The Kier molecular flexibility index (Phi) is 3.27. The van der Waals surface area contributed by atoms with E-state index in [9.17, 15) is 5.11 Å². The van der Waals surface area contributed by atoms with Crippen LogP contribution in [0.5, 0.6) is 5.75 Å². The number of hydrogen-bond acceptors (Lipinski definition) is 2. The molecule has 1 aliphatic rings. The van der Waals surface area contributed by atoms with Crippen LogP contribution in [-0.2, 0) is 0 Å². The molecule has 1 atom stereocenters. The van der Waals surface area contributed by atoms with Gasteiger partial charge in [-0.1, -0.05) is 19.1 Å². The summed E-state index contributed by atoms with van der Waals surface area (Å²) in [6, 6.07) is 7.96. The number of nitrogens with one attached hydrogen (secondary N) is 1. The minimum atomic E-state index is 0.343. The van der Waals surface area contributed by atoms with Gasteiger partial charge in [0.2, 0.25) is 0 Å². The standard InChI is InChI=1S/C13H19NO/c1-2-13(14-9-10-3-4-10)11-5-7-12(15)8-6-11/h5-8,10,13-15H,2-4,9H2,1H3. The molecule has 1 unspecified atom stereocenters. The molecule has 0 aromatic heterocycles. The summed E-state index contributed by atoms with van der Waals surface area (Å²) in [7, 11) is 0. The molecule has 15 heavy (non-hydrogen) atoms. The third-order valence-electron chi connectivity index (χ3n) is 3.05. The van der Waals surface area contributed by atoms with Crippen molar-refractivity contribution < 1.29 is 5.11 Å². The highest BCUT2D eigenvalue weighted by Crippen LogP contribution is 2.29. The predicted molar refractivity (Wildman–Crippen MR) is 61.9 cm³/mol. The second kappa shape index (κ2) is 4.67. The highest BCUT2D eigenvalue weighted by Gasteiger charge is 2.22. The van der Waals surface area contributed by atoms with Gasteiger partial charge >= 0.3 is 0 Å². The van der Waals surface area contributed by atoms with E-state index in [-0.39, 0.29) is 0 Å². The average molecular weight is 205 g/mol. The molecule has 1 aromatic rings. The molecule has 2 N–H and O–H groups in total. The Bertz CT molecular complexity index is 303. The Morgan fingerprint density at radius 1 is 1.33 bits per heavy atom. The van der Waals surface area contributed by atoms with Gasteiger partial charge in [0.05, 0.1) is 0 Å². The largest absolute Gasteiger partial charge is 0.508 e. The van der Waals surface area contributed by atoms with Crippen molar-refractivity contribution in [1.29, 1.82) is 0 Å². The van der Waals surface area contributed by atoms with E-state index in [0.717, 1.165) is 18.9 Å². The number of phenolic OH excluding ortho intramolecular Hbond substituents is 1. The number of benzene rings is 1. The Hall–Kier alpha value is -1.02. The molecule has 1 aliphatic carbocycles. The predicted octanol–water partition coefficient (Wildman–Crippen LogP) is 2.84. The fraction of sp³-hybridized carbons (Fsp3) is 0.538. The summed E-state index contributed by atoms with van der Waals surface area (Å²) >= 11 is 0. The molecule has 82 valence electrons. The Morgan fingerprint density at radius 2 is 2.00 bits per heavy atom. The third-order valence-corrected chi connectivity index (χ3v) is 3.05. The van der Waals surface area contributed by atoms with E-state index in [1.165, 1.54) is 18.4 Å². The molecule has 0 bridgehead atoms. The van der Waals surface area contributed by atoms with Gasteiger partial charge in [0.15, 0.2) is 0 Å². The van der Waals surface area contributed by atoms with Crippen molar-refractivity contribution in [2.75, 3.05) is 6.54 Å². The molecule has 0 saturated heterocycles. The second-order valence-electron chi connectivity index (χ2n) is 4.40. The monoisotopic (exact) mass is 205 g/mol. The van der Waals surface area contributed by atoms with Crippen molar-refractivity contribution >= 4 is 0 Å². The summed E-state index contributed by atoms with van der Waals surface area (Å²) in [4.78, 5) is 0. The first-order valence-corrected chi connectivity index (χ1v) is 5.82. The van der Waals surface area contributed by atoms with Gasteiger partial charge in [-0.15, -0.1) is 0 Å². The quantitative estimate of drug-likeness (QED) is 0.774. The van der Waals surface area contributed by atoms with E-state index in [4.69, 9.17) is 0 Å². The highest BCUT2D eigenvalue weighted by atomic mass is 16.3. The number of aromatic hydroxyl groups is 1. The molecule has 1 aromatic carbocycles. The van der Waals surface area contributed by atoms with Crippen molar-refractivity contribution in [1.82, 2.24) is 5.32 Å². The van der Waals surface area contributed by atoms with Gasteiger partial charge in [0.25, 0.3) is 0 Å². The van der Waals surface area contributed by atoms with E-state index in [1.54, 1.807) is 12.1 Å². The van der Waals surface area contributed by atoms with Crippen molar-refractivity contribution in [2.45, 2.75) is 32.2 Å². The molecule has 0 spiro atoms. The van der Waals surface area contributed by atoms with Crippen molar-refractivity contribution in [3.8, 4) is 5.75 Å². The molecule has 2 nitrogen and oxygen atoms in total. The summed E-state index contributed by atoms with van der Waals surface area (Å²) < 4.78 is 0. The molecule has 0 heterocycles. The summed E-state index contributed by atoms with van der Waals surface area (Å²) in [5.41, 5.74) is 1.27. The fourth-order valence-corrected chi connectivity index (χ4v) is 1.84. The van der Waals surface area contributed by atoms with Crippen LogP contribution < -0.4 is 5.32 Å². The van der Waals surface area contributed by atoms with E-state index in [2.05, 4.69) is 12.2 Å². The Balaban J connectivity index is 1.94. The molecule has 2 rings (SSSR count). The molecule has 0 aliphatic heterocycles. The highest BCUT2D eigenvalue weighted by molar-refractivity contribution is 5.27. The summed E-state index contributed by atoms with van der Waals surface area (Å²) in [5, 5.41) is 12.8. The maximum absolute atomic E-state index is 9.22. The molecular formula is C13H19NO. The minimum absolute atomic E-state index is 0.343. The van der Waals surface area contributed by atoms with Crippen LogP contribution in [0.15, 0.2) is 24.3 Å². The Morgan fingerprint density at radius 3 is 2.53 bits per heavy atom. The molecule has 1 saturated carbocycles. The number of hydrogen-bond donors (Lipinski definition) is 2. The average Bonchev–Trinajstić information content (AvgIpc) is 3.05. The fourth-order valence-electron chi connectivity index (χ4n) is 1.84. The smallest absolute Gasteiger partial charge is 0.115 e. The van der Waals surface area contributed by atoms with Crippen molar-refractivity contribution in [2.24, 2.45) is 5.92 Å². The zero-order chi connectivity index (χ0) is 10.7. The lowest BCUT2D eigenvalue weighted by molar-refractivity contribution is 0.472. The zero-order valence-electron chi connectivity index (χ0n) is 9.24. The first-order chi connectivity index (χ1) is 7.29. The van der Waals surface area contributed by atoms with Gasteiger partial charge in [-0.25, -0.2) is 0 Å². The first-order valence-electron chi connectivity index (χ1n) is 5.82. The lowest BCUT2D eigenvalue weighted by Crippen LogP contribution is -2.22. The normalized spacial score (nSPS) is 17.7. The number of phenols is 1. The molecule has 2 heteroatoms. The van der Waals surface area contributed by atoms with E-state index < -0.39 is 0 Å². The SMILES string of the molecule is CCC(NCC1CC1)c1ccc(O)cc1. The van der Waals surface area contributed by atoms with E-state index in [1.807, 2.05) is 12.1 Å². The lowest BCUT2D eigenvalue weighted by atomic mass is 10.0. The molecule has 0 radical (unpaired) electrons. The van der Waals surface area contributed by atoms with Gasteiger partial charge in [0, 0.05) is 6.04 Å². The van der Waals surface area contributed by atoms with Crippen LogP contribution in [0.1, 0.15) is 37.8 Å². The molecular weight excluding hydrogens is 186 g/mol. The van der Waals surface area contributed by atoms with Crippen molar-refractivity contribution in [3.63, 3.8) is 0 Å². The topological polar surface area (TPSA) is 32.3 Å². The van der Waals surface area contributed by atoms with Gasteiger partial charge in [-0.2, -0.15) is 0 Å². The van der Waals surface area contributed by atoms with Gasteiger partial charge in [0.1, 0.15) is 5.75 Å². The lowest BCUT2D eigenvalue weighted by Gasteiger charge is -2.17. The van der Waals surface area contributed by atoms with Gasteiger partial charge < -0.3 is 10.4 Å². The van der Waals surface area contributed by atoms with Crippen molar-refractivity contribution in [3.05, 3.63) is 29.8 Å². The Labute approximate surface area is 91.3 Å². The van der Waals surface area contributed by atoms with Crippen LogP contribution in [0.4, 0.5) is 0 Å². The van der Waals surface area contributed by atoms with E-state index >= 15 is 0 Å². The summed E-state index contributed by atoms with van der Waals surface area (Å²) in [5.74, 6) is 1.26. The summed E-state index contributed by atoms with van der Waals surface area (Å²) in [6.07, 6.45) is 3.87. The number of rotatable bonds is 5. The maximum atomic E-state index is 9.22. The first kappa shape index (κ1) is 10.5. The van der Waals surface area contributed by atoms with Crippen LogP contribution in [0.25, 0.3) is 0 Å². The second-order valence-corrected chi connectivity index (χ2v) is 4.40. The van der Waals surface area contributed by atoms with Crippen LogP contribution in [0.2, 0.25) is 0 Å². The maximum Gasteiger partial charge on any atom is 0.115 e.